The van der Waals surface area contributed by atoms with E-state index < -0.39 is 6.10 Å². The normalized spacial score (nSPS) is 11.8. The summed E-state index contributed by atoms with van der Waals surface area (Å²) in [4.78, 5) is 37.5. The third-order valence-electron chi connectivity index (χ3n) is 11.6. The van der Waals surface area contributed by atoms with Crippen molar-refractivity contribution in [2.24, 2.45) is 0 Å². The van der Waals surface area contributed by atoms with Crippen LogP contribution in [0.15, 0.2) is 0 Å². The lowest BCUT2D eigenvalue weighted by atomic mass is 10.0. The SMILES string of the molecule is CCCCCCCCCCCCCCCCCCCCCCCCCCCC(=O)OCC(COC(=O)CCCCCCCC)OC(=O)CCCCCCCCCC. The van der Waals surface area contributed by atoms with Crippen molar-refractivity contribution >= 4 is 17.9 Å². The lowest BCUT2D eigenvalue weighted by Gasteiger charge is -2.18. The predicted octanol–water partition coefficient (Wildman–Crippen LogP) is 16.4. The van der Waals surface area contributed by atoms with E-state index in [1.165, 1.54) is 193 Å². The summed E-state index contributed by atoms with van der Waals surface area (Å²) in [7, 11) is 0. The van der Waals surface area contributed by atoms with Gasteiger partial charge in [0, 0.05) is 19.3 Å². The van der Waals surface area contributed by atoms with Crippen LogP contribution < -0.4 is 0 Å². The lowest BCUT2D eigenvalue weighted by molar-refractivity contribution is -0.167. The van der Waals surface area contributed by atoms with Crippen LogP contribution in [0.4, 0.5) is 0 Å². The highest BCUT2D eigenvalue weighted by Crippen LogP contribution is 2.17. The van der Waals surface area contributed by atoms with E-state index in [2.05, 4.69) is 20.8 Å². The van der Waals surface area contributed by atoms with Crippen molar-refractivity contribution in [1.29, 1.82) is 0 Å². The summed E-state index contributed by atoms with van der Waals surface area (Å²) >= 11 is 0. The van der Waals surface area contributed by atoms with Gasteiger partial charge in [0.2, 0.25) is 0 Å². The molecule has 0 heterocycles. The Hall–Kier alpha value is -1.59. The Kier molecular flexibility index (Phi) is 45.8. The molecule has 0 fully saturated rings. The molecule has 0 rings (SSSR count). The van der Waals surface area contributed by atoms with Crippen LogP contribution in [-0.4, -0.2) is 37.2 Å². The number of hydrogen-bond donors (Lipinski definition) is 0. The van der Waals surface area contributed by atoms with Crippen LogP contribution in [0.25, 0.3) is 0 Å². The van der Waals surface area contributed by atoms with E-state index >= 15 is 0 Å². The molecule has 1 atom stereocenters. The molecule has 0 saturated heterocycles. The van der Waals surface area contributed by atoms with Crippen LogP contribution in [0.3, 0.4) is 0 Å². The minimum Gasteiger partial charge on any atom is -0.462 e. The van der Waals surface area contributed by atoms with E-state index in [4.69, 9.17) is 14.2 Å². The summed E-state index contributed by atoms with van der Waals surface area (Å²) in [6.07, 6.45) is 50.0. The summed E-state index contributed by atoms with van der Waals surface area (Å²) in [5, 5.41) is 0. The second-order valence-electron chi connectivity index (χ2n) is 17.5. The van der Waals surface area contributed by atoms with Gasteiger partial charge in [-0.25, -0.2) is 0 Å². The third-order valence-corrected chi connectivity index (χ3v) is 11.6. The van der Waals surface area contributed by atoms with Gasteiger partial charge in [0.1, 0.15) is 13.2 Å². The molecule has 0 aromatic rings. The lowest BCUT2D eigenvalue weighted by Crippen LogP contribution is -2.30. The van der Waals surface area contributed by atoms with Gasteiger partial charge >= 0.3 is 17.9 Å². The number of unbranched alkanes of at least 4 members (excludes halogenated alkanes) is 36. The Morgan fingerprint density at radius 2 is 0.474 bits per heavy atom. The number of rotatable bonds is 47. The summed E-state index contributed by atoms with van der Waals surface area (Å²) < 4.78 is 16.6. The van der Waals surface area contributed by atoms with E-state index in [0.29, 0.717) is 19.3 Å². The minimum absolute atomic E-state index is 0.0638. The molecular weight excluding hydrogens is 709 g/mol. The highest BCUT2D eigenvalue weighted by Gasteiger charge is 2.19. The first-order valence-corrected chi connectivity index (χ1v) is 25.5. The molecule has 6 nitrogen and oxygen atoms in total. The van der Waals surface area contributed by atoms with E-state index in [1.54, 1.807) is 0 Å². The first-order valence-electron chi connectivity index (χ1n) is 25.5. The Labute approximate surface area is 355 Å². The first-order chi connectivity index (χ1) is 28.0. The zero-order valence-corrected chi connectivity index (χ0v) is 38.6. The molecule has 0 aromatic carbocycles. The number of ether oxygens (including phenoxy) is 3. The molecule has 1 unspecified atom stereocenters. The zero-order valence-electron chi connectivity index (χ0n) is 38.6. The quantitative estimate of drug-likeness (QED) is 0.0346. The minimum atomic E-state index is -0.756. The Balaban J connectivity index is 3.92. The van der Waals surface area contributed by atoms with Gasteiger partial charge in [-0.15, -0.1) is 0 Å². The highest BCUT2D eigenvalue weighted by molar-refractivity contribution is 5.71. The van der Waals surface area contributed by atoms with Crippen molar-refractivity contribution in [3.63, 3.8) is 0 Å². The van der Waals surface area contributed by atoms with Crippen LogP contribution in [0, 0.1) is 0 Å². The van der Waals surface area contributed by atoms with Crippen LogP contribution in [0.2, 0.25) is 0 Å². The predicted molar refractivity (Wildman–Crippen MR) is 243 cm³/mol. The number of carbonyl (C=O) groups excluding carboxylic acids is 3. The molecule has 0 spiro atoms. The average Bonchev–Trinajstić information content (AvgIpc) is 3.21. The number of hydrogen-bond acceptors (Lipinski definition) is 6. The van der Waals surface area contributed by atoms with E-state index in [9.17, 15) is 14.4 Å². The Bertz CT molecular complexity index is 844. The molecule has 0 amide bonds. The summed E-state index contributed by atoms with van der Waals surface area (Å²) in [6.45, 7) is 6.58. The van der Waals surface area contributed by atoms with E-state index in [-0.39, 0.29) is 31.1 Å². The molecule has 0 aromatic heterocycles. The topological polar surface area (TPSA) is 78.9 Å². The molecule has 338 valence electrons. The van der Waals surface area contributed by atoms with Gasteiger partial charge in [0.25, 0.3) is 0 Å². The summed E-state index contributed by atoms with van der Waals surface area (Å²) in [5.74, 6) is -0.864. The fourth-order valence-electron chi connectivity index (χ4n) is 7.74. The first kappa shape index (κ1) is 55.4. The van der Waals surface area contributed by atoms with Gasteiger partial charge in [0.15, 0.2) is 6.10 Å². The second-order valence-corrected chi connectivity index (χ2v) is 17.5. The van der Waals surface area contributed by atoms with Crippen LogP contribution in [0.5, 0.6) is 0 Å². The fourth-order valence-corrected chi connectivity index (χ4v) is 7.74. The van der Waals surface area contributed by atoms with Crippen LogP contribution >= 0.6 is 0 Å². The van der Waals surface area contributed by atoms with Gasteiger partial charge in [-0.05, 0) is 19.3 Å². The maximum absolute atomic E-state index is 12.6. The van der Waals surface area contributed by atoms with Gasteiger partial charge in [-0.3, -0.25) is 14.4 Å². The van der Waals surface area contributed by atoms with Crippen LogP contribution in [-0.2, 0) is 28.6 Å². The Morgan fingerprint density at radius 3 is 0.702 bits per heavy atom. The van der Waals surface area contributed by atoms with E-state index in [0.717, 1.165) is 57.8 Å². The molecule has 57 heavy (non-hydrogen) atoms. The summed E-state index contributed by atoms with van der Waals surface area (Å²) in [6, 6.07) is 0. The van der Waals surface area contributed by atoms with Crippen molar-refractivity contribution < 1.29 is 28.6 Å². The van der Waals surface area contributed by atoms with E-state index in [1.807, 2.05) is 0 Å². The number of carbonyl (C=O) groups is 3. The van der Waals surface area contributed by atoms with Gasteiger partial charge in [-0.2, -0.15) is 0 Å². The highest BCUT2D eigenvalue weighted by atomic mass is 16.6. The monoisotopic (exact) mass is 807 g/mol. The molecule has 0 aliphatic heterocycles. The molecule has 0 aliphatic carbocycles. The number of esters is 3. The third kappa shape index (κ3) is 45.3. The van der Waals surface area contributed by atoms with Crippen molar-refractivity contribution in [1.82, 2.24) is 0 Å². The van der Waals surface area contributed by atoms with Crippen molar-refractivity contribution in [3.05, 3.63) is 0 Å². The smallest absolute Gasteiger partial charge is 0.306 e. The largest absolute Gasteiger partial charge is 0.462 e. The molecule has 0 bridgehead atoms. The molecular formula is C51H98O6. The summed E-state index contributed by atoms with van der Waals surface area (Å²) in [5.41, 5.74) is 0. The van der Waals surface area contributed by atoms with Gasteiger partial charge < -0.3 is 14.2 Å². The molecule has 0 saturated carbocycles. The van der Waals surface area contributed by atoms with Gasteiger partial charge in [-0.1, -0.05) is 252 Å². The molecule has 0 N–H and O–H groups in total. The maximum Gasteiger partial charge on any atom is 0.306 e. The molecule has 6 heteroatoms. The Morgan fingerprint density at radius 1 is 0.281 bits per heavy atom. The van der Waals surface area contributed by atoms with Crippen LogP contribution in [0.1, 0.15) is 290 Å². The fraction of sp³-hybridized carbons (Fsp3) is 0.941. The second kappa shape index (κ2) is 47.1. The maximum atomic E-state index is 12.6. The zero-order chi connectivity index (χ0) is 41.5. The molecule has 0 aliphatic rings. The van der Waals surface area contributed by atoms with Gasteiger partial charge in [0.05, 0.1) is 0 Å². The van der Waals surface area contributed by atoms with Crippen molar-refractivity contribution in [2.45, 2.75) is 297 Å². The van der Waals surface area contributed by atoms with Crippen molar-refractivity contribution in [2.75, 3.05) is 13.2 Å². The standard InChI is InChI=1S/C51H98O6/c1-4-7-10-13-16-18-19-20-21-22-23-24-25-26-27-28-29-30-31-32-33-34-36-38-41-44-50(53)56-47-48(46-55-49(52)43-40-37-15-12-9-6-3)57-51(54)45-42-39-35-17-14-11-8-5-2/h48H,4-47H2,1-3H3. The average molecular weight is 807 g/mol. The van der Waals surface area contributed by atoms with Crippen molar-refractivity contribution in [3.8, 4) is 0 Å². The molecule has 0 radical (unpaired) electrons.